The van der Waals surface area contributed by atoms with Gasteiger partial charge in [0.2, 0.25) is 11.8 Å². The van der Waals surface area contributed by atoms with Gasteiger partial charge in [-0.2, -0.15) is 0 Å². The molecule has 3 rings (SSSR count). The van der Waals surface area contributed by atoms with Gasteiger partial charge in [0.15, 0.2) is 0 Å². The number of benzene rings is 2. The van der Waals surface area contributed by atoms with Crippen molar-refractivity contribution < 1.29 is 39.1 Å². The minimum atomic E-state index is -1.79. The Morgan fingerprint density at radius 3 is 2.26 bits per heavy atom. The molecule has 12 nitrogen and oxygen atoms in total. The number of H-pyrrole nitrogens is 1. The molecule has 0 spiro atoms. The number of carbonyl (C=O) groups is 4. The van der Waals surface area contributed by atoms with Crippen molar-refractivity contribution >= 4 is 41.9 Å². The maximum atomic E-state index is 13.6. The lowest BCUT2D eigenvalue weighted by molar-refractivity contribution is -0.130. The Morgan fingerprint density at radius 1 is 0.907 bits per heavy atom. The number of carboxylic acid groups (broad SMARTS) is 1. The lowest BCUT2D eigenvalue weighted by atomic mass is 9.73. The van der Waals surface area contributed by atoms with E-state index in [0.717, 1.165) is 16.5 Å². The Balaban J connectivity index is 1.81. The normalized spacial score (nSPS) is 13.3. The summed E-state index contributed by atoms with van der Waals surface area (Å²) >= 11 is 0. The maximum Gasteiger partial charge on any atom is 0.475 e. The highest BCUT2D eigenvalue weighted by Crippen LogP contribution is 2.20. The van der Waals surface area contributed by atoms with E-state index in [1.807, 2.05) is 38.1 Å². The molecule has 1 heterocycles. The number of ether oxygens (including phenoxy) is 1. The van der Waals surface area contributed by atoms with Crippen LogP contribution in [0, 0.1) is 11.8 Å². The summed E-state index contributed by atoms with van der Waals surface area (Å²) in [5.41, 5.74) is 2.09. The van der Waals surface area contributed by atoms with E-state index in [2.05, 4.69) is 20.9 Å². The van der Waals surface area contributed by atoms with E-state index in [0.29, 0.717) is 5.56 Å². The van der Waals surface area contributed by atoms with Gasteiger partial charge >= 0.3 is 19.2 Å². The first kappa shape index (κ1) is 33.2. The number of rotatable bonds is 14. The Labute approximate surface area is 250 Å². The fourth-order valence-electron chi connectivity index (χ4n) is 4.68. The number of para-hydroxylation sites is 1. The monoisotopic (exact) mass is 594 g/mol. The molecule has 0 fully saturated rings. The summed E-state index contributed by atoms with van der Waals surface area (Å²) in [5.74, 6) is -3.58. The maximum absolute atomic E-state index is 13.6. The molecule has 7 N–H and O–H groups in total. The Morgan fingerprint density at radius 2 is 1.60 bits per heavy atom. The van der Waals surface area contributed by atoms with E-state index < -0.39 is 49.0 Å². The number of aromatic nitrogens is 1. The number of fused-ring (bicyclic) bond motifs is 1. The summed E-state index contributed by atoms with van der Waals surface area (Å²) in [6.07, 6.45) is 1.16. The predicted molar refractivity (Wildman–Crippen MR) is 161 cm³/mol. The second-order valence-corrected chi connectivity index (χ2v) is 11.2. The van der Waals surface area contributed by atoms with E-state index in [1.165, 1.54) is 18.2 Å². The van der Waals surface area contributed by atoms with Crippen LogP contribution in [0.15, 0.2) is 54.7 Å². The minimum absolute atomic E-state index is 0.000780. The molecule has 230 valence electrons. The summed E-state index contributed by atoms with van der Waals surface area (Å²) in [5, 5.41) is 37.5. The minimum Gasteiger partial charge on any atom is -0.478 e. The van der Waals surface area contributed by atoms with Crippen LogP contribution in [0.5, 0.6) is 0 Å². The third kappa shape index (κ3) is 9.58. The second-order valence-electron chi connectivity index (χ2n) is 11.2. The van der Waals surface area contributed by atoms with Crippen LogP contribution >= 0.6 is 0 Å². The van der Waals surface area contributed by atoms with Crippen molar-refractivity contribution in [3.8, 4) is 0 Å². The first-order valence-corrected chi connectivity index (χ1v) is 14.1. The lowest BCUT2D eigenvalue weighted by Crippen LogP contribution is -2.58. The predicted octanol–water partition coefficient (Wildman–Crippen LogP) is 2.39. The van der Waals surface area contributed by atoms with E-state index in [4.69, 9.17) is 4.74 Å². The number of hydrogen-bond donors (Lipinski definition) is 7. The van der Waals surface area contributed by atoms with Gasteiger partial charge in [-0.3, -0.25) is 9.59 Å². The molecule has 3 aromatic rings. The number of alkyl carbamates (subject to hydrolysis) is 1. The first-order chi connectivity index (χ1) is 20.3. The molecule has 0 aliphatic carbocycles. The quantitative estimate of drug-likeness (QED) is 0.138. The standard InChI is InChI=1S/C30H39BN4O8/c1-17(2)12-24(28(37)35-26(18(3)4)31(41)42)33-27(36)25(14-21-15-32-23-11-6-5-10-22(21)23)34-30(40)43-16-19-8-7-9-20(13-19)29(38)39/h5-11,13,15,17-18,24-26,32,41-42H,12,14,16H2,1-4H3,(H,33,36)(H,34,40)(H,35,37)(H,38,39)/t24-,25-,26-/m0/s1. The molecule has 3 atom stereocenters. The van der Waals surface area contributed by atoms with Gasteiger partial charge < -0.3 is 40.8 Å². The van der Waals surface area contributed by atoms with E-state index >= 15 is 0 Å². The number of carboxylic acids is 1. The molecule has 2 aromatic carbocycles. The average Bonchev–Trinajstić information content (AvgIpc) is 3.36. The molecule has 0 aliphatic rings. The summed E-state index contributed by atoms with van der Waals surface area (Å²) < 4.78 is 5.31. The Kier molecular flexibility index (Phi) is 11.7. The number of amides is 3. The number of nitrogens with one attached hydrogen (secondary N) is 4. The number of aromatic carboxylic acids is 1. The summed E-state index contributed by atoms with van der Waals surface area (Å²) in [7, 11) is -1.79. The number of aromatic amines is 1. The first-order valence-electron chi connectivity index (χ1n) is 14.1. The van der Waals surface area contributed by atoms with Crippen LogP contribution in [0.1, 0.15) is 55.6 Å². The van der Waals surface area contributed by atoms with Gasteiger partial charge in [0.25, 0.3) is 0 Å². The third-order valence-electron chi connectivity index (χ3n) is 6.94. The van der Waals surface area contributed by atoms with Gasteiger partial charge in [-0.15, -0.1) is 0 Å². The van der Waals surface area contributed by atoms with Crippen LogP contribution in [0.25, 0.3) is 10.9 Å². The molecule has 0 aliphatic heterocycles. The Bertz CT molecular complexity index is 1420. The topological polar surface area (TPSA) is 190 Å². The van der Waals surface area contributed by atoms with Crippen LogP contribution in [-0.2, 0) is 27.4 Å². The summed E-state index contributed by atoms with van der Waals surface area (Å²) in [6.45, 7) is 6.99. The fraction of sp³-hybridized carbons (Fsp3) is 0.400. The number of hydrogen-bond acceptors (Lipinski definition) is 7. The molecule has 0 bridgehead atoms. The second kappa shape index (κ2) is 15.2. The number of carbonyl (C=O) groups excluding carboxylic acids is 3. The van der Waals surface area contributed by atoms with Crippen LogP contribution < -0.4 is 16.0 Å². The SMILES string of the molecule is CC(C)C[C@H](NC(=O)[C@H](Cc1c[nH]c2ccccc12)NC(=O)OCc1cccc(C(=O)O)c1)C(=O)N[C@H](B(O)O)C(C)C. The molecule has 1 aromatic heterocycles. The molecule has 0 saturated heterocycles. The fourth-order valence-corrected chi connectivity index (χ4v) is 4.68. The van der Waals surface area contributed by atoms with Crippen LogP contribution in [0.3, 0.4) is 0 Å². The zero-order chi connectivity index (χ0) is 31.7. The van der Waals surface area contributed by atoms with E-state index in [1.54, 1.807) is 26.1 Å². The van der Waals surface area contributed by atoms with Crippen molar-refractivity contribution in [1.82, 2.24) is 20.9 Å². The molecule has 3 amide bonds. The molecule has 13 heteroatoms. The van der Waals surface area contributed by atoms with Crippen molar-refractivity contribution in [2.75, 3.05) is 0 Å². The van der Waals surface area contributed by atoms with Crippen molar-refractivity contribution in [1.29, 1.82) is 0 Å². The average molecular weight is 594 g/mol. The molecule has 43 heavy (non-hydrogen) atoms. The summed E-state index contributed by atoms with van der Waals surface area (Å²) in [4.78, 5) is 54.1. The highest BCUT2D eigenvalue weighted by molar-refractivity contribution is 6.43. The molecular weight excluding hydrogens is 555 g/mol. The largest absolute Gasteiger partial charge is 0.478 e. The van der Waals surface area contributed by atoms with Crippen LogP contribution in [0.2, 0.25) is 0 Å². The van der Waals surface area contributed by atoms with Crippen molar-refractivity contribution in [2.24, 2.45) is 11.8 Å². The molecule has 0 saturated carbocycles. The van der Waals surface area contributed by atoms with Gasteiger partial charge in [0.1, 0.15) is 18.7 Å². The van der Waals surface area contributed by atoms with Gasteiger partial charge in [-0.05, 0) is 47.6 Å². The zero-order valence-corrected chi connectivity index (χ0v) is 24.7. The van der Waals surface area contributed by atoms with Crippen LogP contribution in [-0.4, -0.2) is 69.2 Å². The third-order valence-corrected chi connectivity index (χ3v) is 6.94. The smallest absolute Gasteiger partial charge is 0.475 e. The van der Waals surface area contributed by atoms with Gasteiger partial charge in [-0.1, -0.05) is 58.0 Å². The van der Waals surface area contributed by atoms with Gasteiger partial charge in [0.05, 0.1) is 11.5 Å². The van der Waals surface area contributed by atoms with Crippen LogP contribution in [0.4, 0.5) is 4.79 Å². The van der Waals surface area contributed by atoms with E-state index in [9.17, 15) is 34.3 Å². The van der Waals surface area contributed by atoms with E-state index in [-0.39, 0.29) is 36.8 Å². The Hall–Kier alpha value is -4.36. The van der Waals surface area contributed by atoms with Crippen molar-refractivity contribution in [2.45, 2.75) is 65.2 Å². The molecule has 0 radical (unpaired) electrons. The van der Waals surface area contributed by atoms with Crippen molar-refractivity contribution in [3.63, 3.8) is 0 Å². The van der Waals surface area contributed by atoms with Gasteiger partial charge in [0, 0.05) is 23.5 Å². The lowest BCUT2D eigenvalue weighted by Gasteiger charge is -2.27. The molecular formula is C30H39BN4O8. The molecule has 0 unspecified atom stereocenters. The summed E-state index contributed by atoms with van der Waals surface area (Å²) in [6, 6.07) is 11.3. The van der Waals surface area contributed by atoms with Crippen molar-refractivity contribution in [3.05, 3.63) is 71.4 Å². The van der Waals surface area contributed by atoms with Gasteiger partial charge in [-0.25, -0.2) is 9.59 Å². The zero-order valence-electron chi connectivity index (χ0n) is 24.7. The highest BCUT2D eigenvalue weighted by atomic mass is 16.5. The highest BCUT2D eigenvalue weighted by Gasteiger charge is 2.33.